The Kier molecular flexibility index (Phi) is 14.5. The van der Waals surface area contributed by atoms with Gasteiger partial charge in [-0.1, -0.05) is 53.4 Å². The number of aromatic hydroxyl groups is 1. The van der Waals surface area contributed by atoms with Crippen molar-refractivity contribution < 1.29 is 35.7 Å². The zero-order valence-corrected chi connectivity index (χ0v) is 24.2. The van der Waals surface area contributed by atoms with E-state index < -0.39 is 0 Å². The number of ether oxygens (including phenoxy) is 1. The monoisotopic (exact) mass is 586 g/mol. The predicted octanol–water partition coefficient (Wildman–Crippen LogP) is 0.893. The van der Waals surface area contributed by atoms with E-state index in [-0.39, 0.29) is 45.2 Å². The lowest BCUT2D eigenvalue weighted by Crippen LogP contribution is -2.53. The summed E-state index contributed by atoms with van der Waals surface area (Å²) in [6.07, 6.45) is 4.02. The van der Waals surface area contributed by atoms with Crippen molar-refractivity contribution in [3.63, 3.8) is 0 Å². The number of hydrogen-bond acceptors (Lipinski definition) is 9. The van der Waals surface area contributed by atoms with Crippen molar-refractivity contribution >= 4 is 51.0 Å². The molecule has 0 radical (unpaired) electrons. The molecule has 2 aromatic rings. The van der Waals surface area contributed by atoms with Crippen LogP contribution < -0.4 is 21.1 Å². The molecule has 0 bridgehead atoms. The minimum atomic E-state index is -0.283. The molecule has 38 heavy (non-hydrogen) atoms. The summed E-state index contributed by atoms with van der Waals surface area (Å²) in [5.74, 6) is 1.30. The molecule has 0 aliphatic heterocycles. The van der Waals surface area contributed by atoms with E-state index in [0.717, 1.165) is 42.6 Å². The van der Waals surface area contributed by atoms with Gasteiger partial charge >= 0.3 is 4.87 Å². The Morgan fingerprint density at radius 2 is 1.82 bits per heavy atom. The standard InChI is InChI=1S/C25H36N4O6S3/c1-29(11-12-35-18-8-6-17(7-9-18)14-20-24(33)28-25(34)38-20)21(30)5-3-2-4-19(37-23(32)16-27)10-13-36-22(31)15-26/h6-9,19,33H,2-5,10-16,26-27H2,1H3,(H,28,34)/p+2. The van der Waals surface area contributed by atoms with E-state index in [4.69, 9.17) is 4.74 Å². The first-order valence-electron chi connectivity index (χ1n) is 12.5. The smallest absolute Gasteiger partial charge is 0.307 e. The van der Waals surface area contributed by atoms with E-state index >= 15 is 0 Å². The highest BCUT2D eigenvalue weighted by Gasteiger charge is 2.17. The Balaban J connectivity index is 1.66. The number of quaternary nitrogens is 2. The van der Waals surface area contributed by atoms with Crippen LogP contribution in [0.25, 0.3) is 0 Å². The molecule has 1 unspecified atom stereocenters. The van der Waals surface area contributed by atoms with Crippen LogP contribution in [-0.4, -0.2) is 75.4 Å². The second-order valence-corrected chi connectivity index (χ2v) is 12.2. The van der Waals surface area contributed by atoms with Crippen molar-refractivity contribution in [2.75, 3.05) is 39.0 Å². The second-order valence-electron chi connectivity index (χ2n) is 8.64. The molecule has 0 fully saturated rings. The maximum Gasteiger partial charge on any atom is 0.307 e. The van der Waals surface area contributed by atoms with Gasteiger partial charge in [-0.05, 0) is 37.0 Å². The number of likely N-dealkylation sites (N-methyl/N-ethyl adjacent to an activating group) is 1. The fourth-order valence-corrected chi connectivity index (χ4v) is 6.20. The van der Waals surface area contributed by atoms with Gasteiger partial charge in [0.05, 0.1) is 11.4 Å². The van der Waals surface area contributed by atoms with Gasteiger partial charge < -0.3 is 26.2 Å². The van der Waals surface area contributed by atoms with Crippen molar-refractivity contribution in [3.8, 4) is 11.6 Å². The van der Waals surface area contributed by atoms with Crippen LogP contribution in [-0.2, 0) is 20.8 Å². The highest BCUT2D eigenvalue weighted by molar-refractivity contribution is 8.14. The van der Waals surface area contributed by atoms with Crippen molar-refractivity contribution in [2.24, 2.45) is 0 Å². The molecule has 1 aromatic carbocycles. The van der Waals surface area contributed by atoms with E-state index in [9.17, 15) is 24.3 Å². The highest BCUT2D eigenvalue weighted by atomic mass is 32.2. The van der Waals surface area contributed by atoms with E-state index in [1.54, 1.807) is 11.9 Å². The lowest BCUT2D eigenvalue weighted by Gasteiger charge is -2.18. The number of aromatic amines is 1. The summed E-state index contributed by atoms with van der Waals surface area (Å²) in [6, 6.07) is 7.40. The normalized spacial score (nSPS) is 11.8. The summed E-state index contributed by atoms with van der Waals surface area (Å²) < 4.78 is 5.76. The average Bonchev–Trinajstić information content (AvgIpc) is 3.22. The van der Waals surface area contributed by atoms with Crippen LogP contribution in [0.5, 0.6) is 11.6 Å². The lowest BCUT2D eigenvalue weighted by atomic mass is 10.1. The molecule has 0 aliphatic rings. The number of nitrogens with one attached hydrogen (secondary N) is 1. The Bertz CT molecular complexity index is 1090. The number of carbonyl (C=O) groups is 3. The SMILES string of the molecule is CN(CCOc1ccc(Cc2sc(=O)[nH]c2O)cc1)C(=O)CCCCC(CCSC(=O)C[NH3+])SC(=O)C[NH3+]. The molecular weight excluding hydrogens is 548 g/mol. The summed E-state index contributed by atoms with van der Waals surface area (Å²) in [7, 11) is 1.76. The third-order valence-corrected chi connectivity index (χ3v) is 8.79. The largest absolute Gasteiger partial charge is 0.494 e. The van der Waals surface area contributed by atoms with Gasteiger partial charge in [-0.3, -0.25) is 24.2 Å². The molecule has 0 saturated carbocycles. The van der Waals surface area contributed by atoms with E-state index in [1.807, 2.05) is 24.3 Å². The molecule has 0 saturated heterocycles. The fraction of sp³-hybridized carbons (Fsp3) is 0.520. The maximum atomic E-state index is 12.5. The first-order valence-corrected chi connectivity index (χ1v) is 15.2. The third kappa shape index (κ3) is 12.0. The van der Waals surface area contributed by atoms with Gasteiger partial charge in [-0.25, -0.2) is 0 Å². The molecule has 8 N–H and O–H groups in total. The minimum Gasteiger partial charge on any atom is -0.494 e. The Labute approximate surface area is 234 Å². The van der Waals surface area contributed by atoms with Gasteiger partial charge in [0.2, 0.25) is 22.0 Å². The van der Waals surface area contributed by atoms with Crippen LogP contribution in [0.3, 0.4) is 0 Å². The molecule has 0 spiro atoms. The first-order chi connectivity index (χ1) is 18.2. The molecule has 1 heterocycles. The number of H-pyrrole nitrogens is 1. The summed E-state index contributed by atoms with van der Waals surface area (Å²) >= 11 is 3.55. The number of aromatic nitrogens is 1. The van der Waals surface area contributed by atoms with E-state index in [1.165, 1.54) is 23.5 Å². The minimum absolute atomic E-state index is 0.0453. The highest BCUT2D eigenvalue weighted by Crippen LogP contribution is 2.24. The molecule has 10 nitrogen and oxygen atoms in total. The van der Waals surface area contributed by atoms with E-state index in [0.29, 0.717) is 42.4 Å². The summed E-state index contributed by atoms with van der Waals surface area (Å²) in [5, 5.41) is 9.95. The Morgan fingerprint density at radius 3 is 2.45 bits per heavy atom. The molecule has 1 amide bonds. The quantitative estimate of drug-likeness (QED) is 0.198. The number of carbonyl (C=O) groups excluding carboxylic acids is 3. The molecule has 1 aromatic heterocycles. The molecular formula is C25H38N4O6S3+2. The van der Waals surface area contributed by atoms with Crippen LogP contribution in [0, 0.1) is 0 Å². The van der Waals surface area contributed by atoms with Crippen molar-refractivity contribution in [3.05, 3.63) is 44.4 Å². The van der Waals surface area contributed by atoms with Gasteiger partial charge in [0.15, 0.2) is 0 Å². The molecule has 0 aliphatic carbocycles. The van der Waals surface area contributed by atoms with Crippen LogP contribution in [0.1, 0.15) is 42.5 Å². The van der Waals surface area contributed by atoms with Crippen LogP contribution in [0.15, 0.2) is 29.1 Å². The van der Waals surface area contributed by atoms with Gasteiger partial charge in [-0.15, -0.1) is 0 Å². The fourth-order valence-electron chi connectivity index (χ4n) is 3.51. The van der Waals surface area contributed by atoms with Gasteiger partial charge in [0.1, 0.15) is 25.4 Å². The zero-order chi connectivity index (χ0) is 27.9. The van der Waals surface area contributed by atoms with Crippen LogP contribution in [0.4, 0.5) is 0 Å². The first kappa shape index (κ1) is 31.9. The number of amides is 1. The van der Waals surface area contributed by atoms with Gasteiger partial charge in [0, 0.05) is 30.9 Å². The summed E-state index contributed by atoms with van der Waals surface area (Å²) in [6.45, 7) is 1.32. The lowest BCUT2D eigenvalue weighted by molar-refractivity contribution is -0.352. The third-order valence-electron chi connectivity index (χ3n) is 5.69. The van der Waals surface area contributed by atoms with E-state index in [2.05, 4.69) is 16.5 Å². The average molecular weight is 587 g/mol. The Hall–Kier alpha value is -2.32. The topological polar surface area (TPSA) is 172 Å². The second kappa shape index (κ2) is 17.3. The number of benzene rings is 1. The molecule has 2 rings (SSSR count). The van der Waals surface area contributed by atoms with Gasteiger partial charge in [0.25, 0.3) is 0 Å². The molecule has 210 valence electrons. The summed E-state index contributed by atoms with van der Waals surface area (Å²) in [4.78, 5) is 51.4. The van der Waals surface area contributed by atoms with Crippen molar-refractivity contribution in [2.45, 2.75) is 43.8 Å². The Morgan fingerprint density at radius 1 is 1.11 bits per heavy atom. The number of hydrogen-bond donors (Lipinski definition) is 4. The van der Waals surface area contributed by atoms with Crippen LogP contribution >= 0.6 is 34.9 Å². The van der Waals surface area contributed by atoms with Crippen molar-refractivity contribution in [1.29, 1.82) is 0 Å². The number of thiazole rings is 1. The number of thioether (sulfide) groups is 2. The number of nitrogens with zero attached hydrogens (tertiary/aromatic N) is 1. The van der Waals surface area contributed by atoms with Gasteiger partial charge in [-0.2, -0.15) is 0 Å². The predicted molar refractivity (Wildman–Crippen MR) is 151 cm³/mol. The maximum absolute atomic E-state index is 12.5. The van der Waals surface area contributed by atoms with Crippen molar-refractivity contribution in [1.82, 2.24) is 9.88 Å². The number of rotatable bonds is 17. The molecule has 13 heteroatoms. The molecule has 1 atom stereocenters. The zero-order valence-electron chi connectivity index (χ0n) is 21.7. The summed E-state index contributed by atoms with van der Waals surface area (Å²) in [5.41, 5.74) is 8.18. The van der Waals surface area contributed by atoms with Crippen LogP contribution in [0.2, 0.25) is 0 Å². The number of unbranched alkanes of at least 4 members (excludes halogenated alkanes) is 1.